The van der Waals surface area contributed by atoms with E-state index in [0.717, 1.165) is 28.6 Å². The first-order valence-electron chi connectivity index (χ1n) is 9.00. The van der Waals surface area contributed by atoms with E-state index in [4.69, 9.17) is 0 Å². The lowest BCUT2D eigenvalue weighted by Crippen LogP contribution is -2.40. The summed E-state index contributed by atoms with van der Waals surface area (Å²) in [5, 5.41) is 7.98. The number of hydrogen-bond donors (Lipinski definition) is 1. The maximum atomic E-state index is 13.3. The molecule has 0 fully saturated rings. The molecule has 0 saturated carbocycles. The van der Waals surface area contributed by atoms with Crippen molar-refractivity contribution in [1.29, 1.82) is 0 Å². The lowest BCUT2D eigenvalue weighted by atomic mass is 10.1. The maximum Gasteiger partial charge on any atom is 0.245 e. The van der Waals surface area contributed by atoms with Crippen LogP contribution in [0.4, 0.5) is 0 Å². The third-order valence-electron chi connectivity index (χ3n) is 5.24. The van der Waals surface area contributed by atoms with E-state index in [0.29, 0.717) is 25.1 Å². The summed E-state index contributed by atoms with van der Waals surface area (Å²) >= 11 is 0. The normalized spacial score (nSPS) is 15.1. The Labute approximate surface area is 151 Å². The third-order valence-corrected chi connectivity index (χ3v) is 5.24. The molecule has 1 aliphatic rings. The van der Waals surface area contributed by atoms with E-state index >= 15 is 0 Å². The minimum atomic E-state index is -0.318. The number of amides is 1. The number of nitrogens with one attached hydrogen (secondary N) is 1. The van der Waals surface area contributed by atoms with E-state index in [2.05, 4.69) is 10.2 Å². The quantitative estimate of drug-likeness (QED) is 0.735. The average Bonchev–Trinajstić information content (AvgIpc) is 3.26. The van der Waals surface area contributed by atoms with Gasteiger partial charge in [0, 0.05) is 53.4 Å². The first-order valence-corrected chi connectivity index (χ1v) is 9.00. The second-order valence-corrected chi connectivity index (χ2v) is 6.83. The number of benzene rings is 1. The number of ketones is 1. The number of para-hydroxylation sites is 1. The van der Waals surface area contributed by atoms with Crippen molar-refractivity contribution in [3.63, 3.8) is 0 Å². The van der Waals surface area contributed by atoms with E-state index in [1.807, 2.05) is 46.9 Å². The Hall–Kier alpha value is -2.89. The van der Waals surface area contributed by atoms with Gasteiger partial charge in [-0.1, -0.05) is 25.1 Å². The number of fused-ring (bicyclic) bond motifs is 2. The zero-order valence-corrected chi connectivity index (χ0v) is 15.0. The van der Waals surface area contributed by atoms with Crippen LogP contribution in [0, 0.1) is 0 Å². The summed E-state index contributed by atoms with van der Waals surface area (Å²) in [6.07, 6.45) is 5.10. The highest BCUT2D eigenvalue weighted by atomic mass is 16.2. The fourth-order valence-corrected chi connectivity index (χ4v) is 3.85. The largest absolute Gasteiger partial charge is 0.336 e. The highest BCUT2D eigenvalue weighted by molar-refractivity contribution is 6.07. The zero-order valence-electron chi connectivity index (χ0n) is 15.0. The zero-order chi connectivity index (χ0) is 18.3. The number of nitrogens with zero attached hydrogens (tertiary/aromatic N) is 3. The molecule has 1 N–H and O–H groups in total. The molecule has 0 aliphatic carbocycles. The molecular weight excluding hydrogens is 328 g/mol. The molecule has 1 aromatic carbocycles. The summed E-state index contributed by atoms with van der Waals surface area (Å²) in [7, 11) is 0. The molecular formula is C20H22N4O2. The Morgan fingerprint density at radius 1 is 1.31 bits per heavy atom. The van der Waals surface area contributed by atoms with Gasteiger partial charge in [-0.15, -0.1) is 0 Å². The Morgan fingerprint density at radius 3 is 2.88 bits per heavy atom. The third kappa shape index (κ3) is 2.62. The van der Waals surface area contributed by atoms with Crippen LogP contribution in [0.5, 0.6) is 0 Å². The van der Waals surface area contributed by atoms with Crippen LogP contribution in [0.1, 0.15) is 47.9 Å². The van der Waals surface area contributed by atoms with Gasteiger partial charge in [-0.2, -0.15) is 5.10 Å². The molecule has 3 aromatic rings. The van der Waals surface area contributed by atoms with Crippen LogP contribution in [0.25, 0.3) is 10.9 Å². The van der Waals surface area contributed by atoms with E-state index in [9.17, 15) is 9.59 Å². The van der Waals surface area contributed by atoms with Gasteiger partial charge in [0.1, 0.15) is 6.04 Å². The summed E-state index contributed by atoms with van der Waals surface area (Å²) in [5.74, 6) is 0.110. The molecule has 0 saturated heterocycles. The van der Waals surface area contributed by atoms with Crippen molar-refractivity contribution in [2.45, 2.75) is 39.3 Å². The number of rotatable bonds is 4. The SMILES string of the molecule is CCC(C(=O)N1CCc2[nH]ncc2C1)n1cc(C(C)=O)c2ccccc21. The summed E-state index contributed by atoms with van der Waals surface area (Å²) in [4.78, 5) is 27.2. The number of H-pyrrole nitrogens is 1. The van der Waals surface area contributed by atoms with Crippen LogP contribution in [0.15, 0.2) is 36.7 Å². The van der Waals surface area contributed by atoms with Gasteiger partial charge in [-0.3, -0.25) is 14.7 Å². The van der Waals surface area contributed by atoms with Gasteiger partial charge in [0.25, 0.3) is 0 Å². The molecule has 1 amide bonds. The Bertz CT molecular complexity index is 985. The fourth-order valence-electron chi connectivity index (χ4n) is 3.85. The number of carbonyl (C=O) groups is 2. The van der Waals surface area contributed by atoms with Gasteiger partial charge in [-0.05, 0) is 19.4 Å². The van der Waals surface area contributed by atoms with Crippen molar-refractivity contribution in [2.75, 3.05) is 6.54 Å². The van der Waals surface area contributed by atoms with Gasteiger partial charge in [-0.25, -0.2) is 0 Å². The molecule has 3 heterocycles. The molecule has 1 atom stereocenters. The number of carbonyl (C=O) groups excluding carboxylic acids is 2. The number of aromatic nitrogens is 3. The highest BCUT2D eigenvalue weighted by Crippen LogP contribution is 2.29. The number of Topliss-reactive ketones (excluding diaryl/α,β-unsaturated/α-hetero) is 1. The van der Waals surface area contributed by atoms with Gasteiger partial charge in [0.15, 0.2) is 5.78 Å². The average molecular weight is 350 g/mol. The van der Waals surface area contributed by atoms with E-state index in [1.54, 1.807) is 13.1 Å². The van der Waals surface area contributed by atoms with Crippen molar-refractivity contribution < 1.29 is 9.59 Å². The molecule has 4 rings (SSSR count). The molecule has 1 unspecified atom stereocenters. The molecule has 0 bridgehead atoms. The topological polar surface area (TPSA) is 71.0 Å². The van der Waals surface area contributed by atoms with Gasteiger partial charge < -0.3 is 9.47 Å². The van der Waals surface area contributed by atoms with Crippen LogP contribution >= 0.6 is 0 Å². The first-order chi connectivity index (χ1) is 12.6. The summed E-state index contributed by atoms with van der Waals surface area (Å²) < 4.78 is 1.97. The predicted molar refractivity (Wildman–Crippen MR) is 99.0 cm³/mol. The Kier molecular flexibility index (Phi) is 4.11. The van der Waals surface area contributed by atoms with Crippen molar-refractivity contribution in [1.82, 2.24) is 19.7 Å². The van der Waals surface area contributed by atoms with Crippen molar-refractivity contribution in [2.24, 2.45) is 0 Å². The smallest absolute Gasteiger partial charge is 0.245 e. The van der Waals surface area contributed by atoms with Crippen molar-refractivity contribution in [3.8, 4) is 0 Å². The van der Waals surface area contributed by atoms with Crippen LogP contribution in [0.3, 0.4) is 0 Å². The minimum Gasteiger partial charge on any atom is -0.336 e. The van der Waals surface area contributed by atoms with Gasteiger partial charge in [0.05, 0.1) is 6.20 Å². The molecule has 0 spiro atoms. The predicted octanol–water partition coefficient (Wildman–Crippen LogP) is 3.10. The monoisotopic (exact) mass is 350 g/mol. The van der Waals surface area contributed by atoms with Gasteiger partial charge >= 0.3 is 0 Å². The van der Waals surface area contributed by atoms with E-state index in [1.165, 1.54) is 0 Å². The van der Waals surface area contributed by atoms with Crippen molar-refractivity contribution in [3.05, 3.63) is 53.5 Å². The maximum absolute atomic E-state index is 13.3. The summed E-state index contributed by atoms with van der Waals surface area (Å²) in [6.45, 7) is 4.85. The standard InChI is InChI=1S/C20H22N4O2/c1-3-18(20(26)23-9-8-17-14(11-23)10-21-22-17)24-12-16(13(2)25)15-6-4-5-7-19(15)24/h4-7,10,12,18H,3,8-9,11H2,1-2H3,(H,21,22). The van der Waals surface area contributed by atoms with Crippen LogP contribution < -0.4 is 0 Å². The summed E-state index contributed by atoms with van der Waals surface area (Å²) in [6, 6.07) is 7.47. The van der Waals surface area contributed by atoms with Gasteiger partial charge in [0.2, 0.25) is 5.91 Å². The Balaban J connectivity index is 1.71. The highest BCUT2D eigenvalue weighted by Gasteiger charge is 2.29. The lowest BCUT2D eigenvalue weighted by Gasteiger charge is -2.30. The molecule has 26 heavy (non-hydrogen) atoms. The van der Waals surface area contributed by atoms with Crippen LogP contribution in [-0.4, -0.2) is 37.9 Å². The second kappa shape index (κ2) is 6.44. The molecule has 1 aliphatic heterocycles. The number of aromatic amines is 1. The lowest BCUT2D eigenvalue weighted by molar-refractivity contribution is -0.135. The fraction of sp³-hybridized carbons (Fsp3) is 0.350. The Morgan fingerprint density at radius 2 is 2.12 bits per heavy atom. The first kappa shape index (κ1) is 16.6. The second-order valence-electron chi connectivity index (χ2n) is 6.83. The van der Waals surface area contributed by atoms with E-state index < -0.39 is 0 Å². The summed E-state index contributed by atoms with van der Waals surface area (Å²) in [5.41, 5.74) is 3.80. The van der Waals surface area contributed by atoms with E-state index in [-0.39, 0.29) is 17.7 Å². The van der Waals surface area contributed by atoms with Crippen LogP contribution in [-0.2, 0) is 17.8 Å². The molecule has 2 aromatic heterocycles. The molecule has 6 nitrogen and oxygen atoms in total. The molecule has 134 valence electrons. The molecule has 6 heteroatoms. The molecule has 0 radical (unpaired) electrons. The van der Waals surface area contributed by atoms with Crippen LogP contribution in [0.2, 0.25) is 0 Å². The number of hydrogen-bond acceptors (Lipinski definition) is 3. The minimum absolute atomic E-state index is 0.0169. The van der Waals surface area contributed by atoms with Crippen molar-refractivity contribution >= 4 is 22.6 Å².